The topological polar surface area (TPSA) is 82.3 Å². The van der Waals surface area contributed by atoms with Crippen LogP contribution >= 0.6 is 0 Å². The fourth-order valence-electron chi connectivity index (χ4n) is 3.69. The molecule has 2 saturated heterocycles. The van der Waals surface area contributed by atoms with E-state index >= 15 is 0 Å². The van der Waals surface area contributed by atoms with Crippen molar-refractivity contribution in [3.05, 3.63) is 11.8 Å². The van der Waals surface area contributed by atoms with Crippen LogP contribution in [0.4, 0.5) is 10.6 Å². The molecule has 2 aliphatic heterocycles. The van der Waals surface area contributed by atoms with E-state index in [9.17, 15) is 4.79 Å². The van der Waals surface area contributed by atoms with Crippen LogP contribution in [0, 0.1) is 0 Å². The number of rotatable bonds is 4. The van der Waals surface area contributed by atoms with Gasteiger partial charge in [-0.15, -0.1) is 0 Å². The molecule has 3 N–H and O–H groups in total. The smallest absolute Gasteiger partial charge is 0.413 e. The first-order chi connectivity index (χ1) is 11.4. The molecular weight excluding hydrogens is 306 g/mol. The number of carbonyl (C=O) groups excluding carboxylic acids is 1. The van der Waals surface area contributed by atoms with Crippen molar-refractivity contribution in [2.24, 2.45) is 0 Å². The maximum atomic E-state index is 11.9. The van der Waals surface area contributed by atoms with Gasteiger partial charge in [0, 0.05) is 30.7 Å². The van der Waals surface area contributed by atoms with Gasteiger partial charge in [-0.3, -0.25) is 15.3 Å². The van der Waals surface area contributed by atoms with Crippen molar-refractivity contribution in [1.29, 1.82) is 0 Å². The van der Waals surface area contributed by atoms with Gasteiger partial charge >= 0.3 is 6.09 Å². The van der Waals surface area contributed by atoms with Gasteiger partial charge in [0.05, 0.1) is 6.20 Å². The van der Waals surface area contributed by atoms with Crippen molar-refractivity contribution >= 4 is 11.9 Å². The van der Waals surface area contributed by atoms with E-state index in [0.29, 0.717) is 24.4 Å². The molecule has 0 aliphatic carbocycles. The molecule has 3 rings (SSSR count). The predicted molar refractivity (Wildman–Crippen MR) is 92.9 cm³/mol. The minimum Gasteiger partial charge on any atom is -0.444 e. The molecule has 0 aromatic carbocycles. The number of anilines is 1. The summed E-state index contributed by atoms with van der Waals surface area (Å²) in [5, 5.41) is 13.3. The van der Waals surface area contributed by atoms with Crippen LogP contribution in [0.25, 0.3) is 0 Å². The molecular formula is C17H29N5O2. The molecule has 134 valence electrons. The second-order valence-electron chi connectivity index (χ2n) is 7.77. The number of H-pyrrole nitrogens is 1. The maximum absolute atomic E-state index is 11.9. The summed E-state index contributed by atoms with van der Waals surface area (Å²) in [5.74, 6) is 0.607. The van der Waals surface area contributed by atoms with Gasteiger partial charge in [0.15, 0.2) is 0 Å². The van der Waals surface area contributed by atoms with E-state index in [2.05, 4.69) is 25.7 Å². The third-order valence-corrected chi connectivity index (χ3v) is 4.75. The van der Waals surface area contributed by atoms with E-state index in [4.69, 9.17) is 4.74 Å². The molecule has 0 radical (unpaired) electrons. The lowest BCUT2D eigenvalue weighted by atomic mass is 9.99. The summed E-state index contributed by atoms with van der Waals surface area (Å²) < 4.78 is 5.29. The van der Waals surface area contributed by atoms with Crippen LogP contribution in [-0.2, 0) is 11.3 Å². The van der Waals surface area contributed by atoms with Crippen LogP contribution in [0.15, 0.2) is 6.20 Å². The number of aromatic amines is 1. The molecule has 0 spiro atoms. The van der Waals surface area contributed by atoms with Gasteiger partial charge in [-0.25, -0.2) is 4.79 Å². The Labute approximate surface area is 143 Å². The summed E-state index contributed by atoms with van der Waals surface area (Å²) in [6.07, 6.45) is 6.43. The summed E-state index contributed by atoms with van der Waals surface area (Å²) >= 11 is 0. The highest BCUT2D eigenvalue weighted by atomic mass is 16.6. The molecule has 2 unspecified atom stereocenters. The Morgan fingerprint density at radius 3 is 3.00 bits per heavy atom. The number of nitrogens with zero attached hydrogens (tertiary/aromatic N) is 2. The van der Waals surface area contributed by atoms with Crippen LogP contribution in [0.5, 0.6) is 0 Å². The Bertz CT molecular complexity index is 566. The molecule has 7 heteroatoms. The second-order valence-corrected chi connectivity index (χ2v) is 7.77. The first kappa shape index (κ1) is 17.2. The van der Waals surface area contributed by atoms with E-state index < -0.39 is 11.7 Å². The predicted octanol–water partition coefficient (Wildman–Crippen LogP) is 2.47. The number of nitrogens with one attached hydrogen (secondary N) is 3. The van der Waals surface area contributed by atoms with E-state index in [0.717, 1.165) is 5.56 Å². The normalized spacial score (nSPS) is 24.6. The third kappa shape index (κ3) is 4.27. The fourth-order valence-corrected chi connectivity index (χ4v) is 3.69. The number of carbonyl (C=O) groups is 1. The zero-order valence-corrected chi connectivity index (χ0v) is 14.9. The highest BCUT2D eigenvalue weighted by molar-refractivity contribution is 5.84. The van der Waals surface area contributed by atoms with Crippen molar-refractivity contribution in [2.75, 3.05) is 18.4 Å². The molecule has 2 aliphatic rings. The lowest BCUT2D eigenvalue weighted by Gasteiger charge is -2.32. The van der Waals surface area contributed by atoms with Crippen molar-refractivity contribution in [2.45, 2.75) is 70.7 Å². The van der Waals surface area contributed by atoms with E-state index in [1.807, 2.05) is 20.8 Å². The lowest BCUT2D eigenvalue weighted by Crippen LogP contribution is -2.44. The van der Waals surface area contributed by atoms with Gasteiger partial charge in [0.25, 0.3) is 0 Å². The van der Waals surface area contributed by atoms with Crippen LogP contribution < -0.4 is 10.6 Å². The molecule has 1 amide bonds. The van der Waals surface area contributed by atoms with Crippen LogP contribution in [0.2, 0.25) is 0 Å². The standard InChI is InChI=1S/C17H29N5O2/c1-17(2,3)24-16(23)20-15-12(11-19-21-15)10-18-13-7-9-22-8-5-4-6-14(13)22/h11,13-14,18H,4-10H2,1-3H3,(H2,19,20,21,23). The Hall–Kier alpha value is -1.60. The zero-order chi connectivity index (χ0) is 17.2. The summed E-state index contributed by atoms with van der Waals surface area (Å²) in [6, 6.07) is 1.18. The Balaban J connectivity index is 1.53. The number of hydrogen-bond acceptors (Lipinski definition) is 5. The Morgan fingerprint density at radius 2 is 2.21 bits per heavy atom. The van der Waals surface area contributed by atoms with Crippen molar-refractivity contribution in [3.8, 4) is 0 Å². The maximum Gasteiger partial charge on any atom is 0.413 e. The van der Waals surface area contributed by atoms with E-state index in [1.165, 1.54) is 38.8 Å². The highest BCUT2D eigenvalue weighted by Gasteiger charge is 2.35. The van der Waals surface area contributed by atoms with Crippen molar-refractivity contribution < 1.29 is 9.53 Å². The van der Waals surface area contributed by atoms with Crippen molar-refractivity contribution in [3.63, 3.8) is 0 Å². The van der Waals surface area contributed by atoms with Gasteiger partial charge < -0.3 is 10.1 Å². The molecule has 7 nitrogen and oxygen atoms in total. The third-order valence-electron chi connectivity index (χ3n) is 4.75. The van der Waals surface area contributed by atoms with Crippen LogP contribution in [0.1, 0.15) is 52.0 Å². The summed E-state index contributed by atoms with van der Waals surface area (Å²) in [6.45, 7) is 8.65. The monoisotopic (exact) mass is 335 g/mol. The van der Waals surface area contributed by atoms with Gasteiger partial charge in [0.1, 0.15) is 11.4 Å². The largest absolute Gasteiger partial charge is 0.444 e. The van der Waals surface area contributed by atoms with Gasteiger partial charge in [0.2, 0.25) is 0 Å². The summed E-state index contributed by atoms with van der Waals surface area (Å²) in [7, 11) is 0. The number of amides is 1. The van der Waals surface area contributed by atoms with Crippen LogP contribution in [-0.4, -0.2) is 52.0 Å². The Morgan fingerprint density at radius 1 is 1.38 bits per heavy atom. The molecule has 3 heterocycles. The minimum atomic E-state index is -0.517. The molecule has 2 fully saturated rings. The van der Waals surface area contributed by atoms with Gasteiger partial charge in [-0.1, -0.05) is 6.42 Å². The number of fused-ring (bicyclic) bond motifs is 1. The SMILES string of the molecule is CC(C)(C)OC(=O)Nc1[nH]ncc1CNC1CCN2CCCCC12. The minimum absolute atomic E-state index is 0.465. The molecule has 2 atom stereocenters. The molecule has 24 heavy (non-hydrogen) atoms. The Kier molecular flexibility index (Phi) is 5.10. The number of aromatic nitrogens is 2. The highest BCUT2D eigenvalue weighted by Crippen LogP contribution is 2.27. The summed E-state index contributed by atoms with van der Waals surface area (Å²) in [4.78, 5) is 14.5. The molecule has 1 aromatic rings. The summed E-state index contributed by atoms with van der Waals surface area (Å²) in [5.41, 5.74) is 0.437. The molecule has 0 bridgehead atoms. The van der Waals surface area contributed by atoms with E-state index in [-0.39, 0.29) is 0 Å². The van der Waals surface area contributed by atoms with E-state index in [1.54, 1.807) is 6.20 Å². The van der Waals surface area contributed by atoms with Gasteiger partial charge in [-0.2, -0.15) is 5.10 Å². The van der Waals surface area contributed by atoms with Crippen molar-refractivity contribution in [1.82, 2.24) is 20.4 Å². The number of hydrogen-bond donors (Lipinski definition) is 3. The zero-order valence-electron chi connectivity index (χ0n) is 14.9. The van der Waals surface area contributed by atoms with Crippen LogP contribution in [0.3, 0.4) is 0 Å². The number of ether oxygens (including phenoxy) is 1. The second kappa shape index (κ2) is 7.11. The quantitative estimate of drug-likeness (QED) is 0.787. The average molecular weight is 335 g/mol. The number of piperidine rings is 1. The van der Waals surface area contributed by atoms with Gasteiger partial charge in [-0.05, 0) is 46.6 Å². The molecule has 0 saturated carbocycles. The first-order valence-electron chi connectivity index (χ1n) is 8.92. The molecule has 1 aromatic heterocycles. The average Bonchev–Trinajstić information content (AvgIpc) is 3.10. The first-order valence-corrected chi connectivity index (χ1v) is 8.92. The lowest BCUT2D eigenvalue weighted by molar-refractivity contribution is 0.0635. The fraction of sp³-hybridized carbons (Fsp3) is 0.765.